The molecule has 0 radical (unpaired) electrons. The van der Waals surface area contributed by atoms with Gasteiger partial charge in [-0.1, -0.05) is 41.5 Å². The highest BCUT2D eigenvalue weighted by molar-refractivity contribution is 7.80. The third kappa shape index (κ3) is 7.22. The summed E-state index contributed by atoms with van der Waals surface area (Å²) < 4.78 is 58.4. The lowest BCUT2D eigenvalue weighted by molar-refractivity contribution is -0.0507. The summed E-state index contributed by atoms with van der Waals surface area (Å²) in [5.74, 6) is 0. The Labute approximate surface area is 209 Å². The van der Waals surface area contributed by atoms with Crippen LogP contribution in [-0.4, -0.2) is 64.1 Å². The molecule has 2 heterocycles. The Bertz CT molecular complexity index is 1120. The van der Waals surface area contributed by atoms with Crippen LogP contribution in [-0.2, 0) is 28.2 Å². The maximum Gasteiger partial charge on any atom is 0.397 e. The molecule has 0 aromatic carbocycles. The van der Waals surface area contributed by atoms with Gasteiger partial charge in [-0.25, -0.2) is 8.98 Å². The van der Waals surface area contributed by atoms with Crippen LogP contribution in [0.3, 0.4) is 0 Å². The first-order valence-electron chi connectivity index (χ1n) is 11.5. The summed E-state index contributed by atoms with van der Waals surface area (Å²) in [5, 5.41) is -0.400. The van der Waals surface area contributed by atoms with E-state index >= 15 is 0 Å². The van der Waals surface area contributed by atoms with Gasteiger partial charge >= 0.3 is 16.1 Å². The number of rotatable bonds is 8. The monoisotopic (exact) mass is 552 g/mol. The molecule has 0 amide bonds. The number of hydrogen-bond donors (Lipinski definition) is 2. The maximum absolute atomic E-state index is 12.6. The van der Waals surface area contributed by atoms with Crippen molar-refractivity contribution >= 4 is 27.0 Å². The number of nitrogens with zero attached hydrogens (tertiary/aromatic N) is 1. The van der Waals surface area contributed by atoms with Crippen molar-refractivity contribution in [3.63, 3.8) is 0 Å². The van der Waals surface area contributed by atoms with Gasteiger partial charge in [-0.2, -0.15) is 8.42 Å². The van der Waals surface area contributed by atoms with Crippen molar-refractivity contribution in [2.45, 2.75) is 102 Å². The van der Waals surface area contributed by atoms with Crippen molar-refractivity contribution in [2.24, 2.45) is 0 Å². The summed E-state index contributed by atoms with van der Waals surface area (Å²) >= 11 is 0. The van der Waals surface area contributed by atoms with Gasteiger partial charge in [0.25, 0.3) is 5.56 Å². The zero-order valence-electron chi connectivity index (χ0n) is 22.2. The molecule has 0 spiro atoms. The number of aromatic amines is 1. The number of aromatic nitrogens is 2. The van der Waals surface area contributed by atoms with Gasteiger partial charge in [0.05, 0.1) is 6.61 Å². The van der Waals surface area contributed by atoms with Crippen LogP contribution in [0.1, 0.15) is 47.8 Å². The molecule has 4 unspecified atom stereocenters. The second kappa shape index (κ2) is 9.97. The third-order valence-electron chi connectivity index (χ3n) is 7.30. The van der Waals surface area contributed by atoms with Gasteiger partial charge in [0.2, 0.25) is 0 Å². The lowest BCUT2D eigenvalue weighted by Gasteiger charge is -2.40. The van der Waals surface area contributed by atoms with Crippen molar-refractivity contribution in [2.75, 3.05) is 6.61 Å². The average Bonchev–Trinajstić information content (AvgIpc) is 2.93. The minimum absolute atomic E-state index is 0.0390. The van der Waals surface area contributed by atoms with E-state index in [0.717, 1.165) is 10.6 Å². The minimum Gasteiger partial charge on any atom is -0.414 e. The molecular weight excluding hydrogens is 512 g/mol. The molecule has 2 rings (SSSR count). The Hall–Kier alpha value is -1.14. The first-order valence-corrected chi connectivity index (χ1v) is 18.7. The summed E-state index contributed by atoms with van der Waals surface area (Å²) in [5.41, 5.74) is -1.34. The molecule has 1 aliphatic heterocycles. The number of nitrogens with one attached hydrogen (secondary N) is 1. The van der Waals surface area contributed by atoms with Crippen molar-refractivity contribution in [3.8, 4) is 0 Å². The second-order valence-corrected chi connectivity index (χ2v) is 22.6. The summed E-state index contributed by atoms with van der Waals surface area (Å²) in [4.78, 5) is 26.4. The molecule has 0 saturated carbocycles. The van der Waals surface area contributed by atoms with Gasteiger partial charge in [0, 0.05) is 12.3 Å². The smallest absolute Gasteiger partial charge is 0.397 e. The van der Waals surface area contributed by atoms with E-state index in [-0.39, 0.29) is 16.7 Å². The summed E-state index contributed by atoms with van der Waals surface area (Å²) in [7, 11) is -9.74. The Morgan fingerprint density at radius 3 is 2.03 bits per heavy atom. The lowest BCUT2D eigenvalue weighted by atomic mass is 10.1. The highest BCUT2D eigenvalue weighted by Crippen LogP contribution is 2.43. The van der Waals surface area contributed by atoms with Crippen LogP contribution in [0.25, 0.3) is 0 Å². The van der Waals surface area contributed by atoms with Gasteiger partial charge in [-0.15, -0.1) is 0 Å². The molecule has 1 fully saturated rings. The largest absolute Gasteiger partial charge is 0.414 e. The number of hydrogen-bond acceptors (Lipinski definition) is 8. The van der Waals surface area contributed by atoms with E-state index in [9.17, 15) is 22.6 Å². The molecular formula is C21H40N2O9SSi2. The Balaban J connectivity index is 2.58. The molecule has 1 saturated heterocycles. The molecule has 202 valence electrons. The molecule has 14 heteroatoms. The molecule has 1 aromatic heterocycles. The standard InChI is InChI=1S/C21H40N2O9SSi2/c1-20(2,3)34(7,8)29-13-14-16(31-33(26,27)28)17(32-35(9,10)21(4,5)6)18(30-14)23-12-11-15(24)22-19(23)25/h11-12,14,16-18H,13H2,1-10H3,(H,22,24,25)(H,26,27,28). The van der Waals surface area contributed by atoms with Crippen LogP contribution in [0.4, 0.5) is 0 Å². The van der Waals surface area contributed by atoms with Gasteiger partial charge < -0.3 is 13.6 Å². The second-order valence-electron chi connectivity index (χ2n) is 12.0. The van der Waals surface area contributed by atoms with Gasteiger partial charge in [-0.05, 0) is 36.3 Å². The van der Waals surface area contributed by atoms with Crippen molar-refractivity contribution in [3.05, 3.63) is 33.1 Å². The fourth-order valence-electron chi connectivity index (χ4n) is 3.10. The molecule has 0 aliphatic carbocycles. The molecule has 0 bridgehead atoms. The first kappa shape index (κ1) is 30.1. The zero-order valence-corrected chi connectivity index (χ0v) is 25.1. The number of H-pyrrole nitrogens is 1. The average molecular weight is 553 g/mol. The zero-order chi connectivity index (χ0) is 27.2. The topological polar surface area (TPSA) is 146 Å². The lowest BCUT2D eigenvalue weighted by Crippen LogP contribution is -2.51. The molecule has 1 aliphatic rings. The highest BCUT2D eigenvalue weighted by atomic mass is 32.3. The molecule has 1 aromatic rings. The SMILES string of the molecule is CC(C)(C)[Si](C)(C)OCC1OC(n2ccc(=O)[nH]c2=O)C(O[Si](C)(C)C(C)(C)C)C1OS(=O)(=O)O. The van der Waals surface area contributed by atoms with E-state index in [1.54, 1.807) is 0 Å². The van der Waals surface area contributed by atoms with Crippen LogP contribution in [0.2, 0.25) is 36.3 Å². The van der Waals surface area contributed by atoms with Crippen molar-refractivity contribution in [1.82, 2.24) is 9.55 Å². The predicted molar refractivity (Wildman–Crippen MR) is 137 cm³/mol. The molecule has 4 atom stereocenters. The molecule has 35 heavy (non-hydrogen) atoms. The quantitative estimate of drug-likeness (QED) is 0.367. The van der Waals surface area contributed by atoms with E-state index in [1.165, 1.54) is 6.20 Å². The maximum atomic E-state index is 12.6. The van der Waals surface area contributed by atoms with Gasteiger partial charge in [0.15, 0.2) is 22.9 Å². The van der Waals surface area contributed by atoms with E-state index in [2.05, 4.69) is 25.8 Å². The first-order chi connectivity index (χ1) is 15.6. The Morgan fingerprint density at radius 2 is 1.57 bits per heavy atom. The van der Waals surface area contributed by atoms with Crippen molar-refractivity contribution in [1.29, 1.82) is 0 Å². The van der Waals surface area contributed by atoms with Gasteiger partial charge in [-0.3, -0.25) is 18.9 Å². The fraction of sp³-hybridized carbons (Fsp3) is 0.810. The van der Waals surface area contributed by atoms with Crippen LogP contribution in [0.5, 0.6) is 0 Å². The summed E-state index contributed by atoms with van der Waals surface area (Å²) in [6, 6.07) is 1.16. The normalized spacial score (nSPS) is 24.7. The van der Waals surface area contributed by atoms with Crippen LogP contribution >= 0.6 is 0 Å². The molecule has 2 N–H and O–H groups in total. The minimum atomic E-state index is -4.90. The fourth-order valence-corrected chi connectivity index (χ4v) is 5.91. The van der Waals surface area contributed by atoms with Crippen LogP contribution < -0.4 is 11.2 Å². The van der Waals surface area contributed by atoms with Gasteiger partial charge in [0.1, 0.15) is 18.3 Å². The van der Waals surface area contributed by atoms with Crippen molar-refractivity contribution < 1.29 is 30.7 Å². The summed E-state index contributed by atoms with van der Waals surface area (Å²) in [6.45, 7) is 20.2. The highest BCUT2D eigenvalue weighted by Gasteiger charge is 2.54. The number of ether oxygens (including phenoxy) is 1. The Morgan fingerprint density at radius 1 is 1.03 bits per heavy atom. The van der Waals surface area contributed by atoms with Crippen LogP contribution in [0.15, 0.2) is 21.9 Å². The predicted octanol–water partition coefficient (Wildman–Crippen LogP) is 3.03. The third-order valence-corrected chi connectivity index (χ3v) is 16.7. The van der Waals surface area contributed by atoms with E-state index < -0.39 is 62.8 Å². The summed E-state index contributed by atoms with van der Waals surface area (Å²) in [6.07, 6.45) is -3.24. The van der Waals surface area contributed by atoms with E-state index in [1.807, 2.05) is 47.0 Å². The van der Waals surface area contributed by atoms with E-state index in [0.29, 0.717) is 0 Å². The van der Waals surface area contributed by atoms with E-state index in [4.69, 9.17) is 17.8 Å². The molecule has 11 nitrogen and oxygen atoms in total. The van der Waals surface area contributed by atoms with Crippen LogP contribution in [0, 0.1) is 0 Å². The Kier molecular flexibility index (Phi) is 8.57.